The summed E-state index contributed by atoms with van der Waals surface area (Å²) in [5.41, 5.74) is -2.49. The average molecular weight is 668 g/mol. The lowest BCUT2D eigenvalue weighted by Crippen LogP contribution is -2.55. The number of halogens is 2. The summed E-state index contributed by atoms with van der Waals surface area (Å²) in [6.45, 7) is 4.75. The third-order valence-electron chi connectivity index (χ3n) is 8.03. The molecule has 0 bridgehead atoms. The fraction of sp³-hybridized carbons (Fsp3) is 0.667. The van der Waals surface area contributed by atoms with E-state index >= 15 is 0 Å². The largest absolute Gasteiger partial charge is 0.494 e. The van der Waals surface area contributed by atoms with Crippen molar-refractivity contribution in [3.63, 3.8) is 0 Å². The van der Waals surface area contributed by atoms with Crippen LogP contribution in [0.2, 0.25) is 0 Å². The van der Waals surface area contributed by atoms with Crippen LogP contribution in [0, 0.1) is 5.92 Å². The minimum atomic E-state index is -3.21. The van der Waals surface area contributed by atoms with E-state index < -0.39 is 48.3 Å². The first-order valence-corrected chi connectivity index (χ1v) is 17.0. The Labute approximate surface area is 278 Å². The van der Waals surface area contributed by atoms with Crippen molar-refractivity contribution in [3.05, 3.63) is 42.0 Å². The second-order valence-corrected chi connectivity index (χ2v) is 12.0. The Hall–Kier alpha value is -3.34. The lowest BCUT2D eigenvalue weighted by molar-refractivity contribution is -0.171. The Morgan fingerprint density at radius 1 is 0.894 bits per heavy atom. The molecule has 11 heteroatoms. The van der Waals surface area contributed by atoms with Crippen LogP contribution < -0.4 is 10.1 Å². The van der Waals surface area contributed by atoms with Crippen LogP contribution in [0.1, 0.15) is 116 Å². The molecule has 3 N–H and O–H groups in total. The first kappa shape index (κ1) is 41.7. The zero-order valence-corrected chi connectivity index (χ0v) is 28.3. The molecule has 266 valence electrons. The highest BCUT2D eigenvalue weighted by molar-refractivity contribution is 5.92. The van der Waals surface area contributed by atoms with Gasteiger partial charge in [0.2, 0.25) is 12.3 Å². The molecular weight excluding hydrogens is 612 g/mol. The summed E-state index contributed by atoms with van der Waals surface area (Å²) in [5.74, 6) is -4.93. The van der Waals surface area contributed by atoms with Gasteiger partial charge in [-0.15, -0.1) is 0 Å². The molecule has 9 nitrogen and oxygen atoms in total. The van der Waals surface area contributed by atoms with E-state index in [9.17, 15) is 38.2 Å². The predicted octanol–water partition coefficient (Wildman–Crippen LogP) is 6.98. The number of hydrogen-bond acceptors (Lipinski definition) is 7. The van der Waals surface area contributed by atoms with Gasteiger partial charge in [-0.25, -0.2) is 18.4 Å². The van der Waals surface area contributed by atoms with Gasteiger partial charge in [-0.3, -0.25) is 9.59 Å². The zero-order valence-electron chi connectivity index (χ0n) is 28.3. The lowest BCUT2D eigenvalue weighted by atomic mass is 9.82. The number of Topliss-reactive ketones (excluding diaryl/α,β-unsaturated/α-hetero) is 1. The molecule has 0 saturated heterocycles. The highest BCUT2D eigenvalue weighted by Gasteiger charge is 2.49. The summed E-state index contributed by atoms with van der Waals surface area (Å²) in [6.07, 6.45) is 9.78. The Kier molecular flexibility index (Phi) is 21.2. The van der Waals surface area contributed by atoms with Gasteiger partial charge in [-0.2, -0.15) is 0 Å². The number of carbonyl (C=O) groups is 4. The topological polar surface area (TPSA) is 139 Å². The number of nitrogens with one attached hydrogen (secondary N) is 1. The van der Waals surface area contributed by atoms with Crippen molar-refractivity contribution in [2.45, 2.75) is 135 Å². The van der Waals surface area contributed by atoms with Crippen molar-refractivity contribution >= 4 is 23.6 Å². The van der Waals surface area contributed by atoms with Crippen LogP contribution in [0.25, 0.3) is 0 Å². The summed E-state index contributed by atoms with van der Waals surface area (Å²) < 4.78 is 37.3. The van der Waals surface area contributed by atoms with Gasteiger partial charge in [-0.1, -0.05) is 83.1 Å². The fourth-order valence-electron chi connectivity index (χ4n) is 5.16. The van der Waals surface area contributed by atoms with Gasteiger partial charge in [0.25, 0.3) is 0 Å². The number of rotatable bonds is 27. The Balaban J connectivity index is 2.87. The Morgan fingerprint density at radius 3 is 2.04 bits per heavy atom. The second kappa shape index (κ2) is 23.9. The molecule has 0 fully saturated rings. The van der Waals surface area contributed by atoms with E-state index in [0.29, 0.717) is 43.6 Å². The standard InChI is InChI=1S/C36H55F2NO8/c1-4-6-8-11-14-17-28(40)18-15-12-9-10-13-16-19-30(36(45,35(43)44)26-32(37)38)33(41)39-31(34(42)46-3)25-27-20-22-29(23-21-27)47-24-7-5-2/h16,19-23,30-32,45H,4-15,17-18,24-26H2,1-3H3,(H,39,41)(H,43,44)/t30-,31+,36+/m1/s1. The van der Waals surface area contributed by atoms with Crippen molar-refractivity contribution in [2.75, 3.05) is 13.7 Å². The van der Waals surface area contributed by atoms with Crippen molar-refractivity contribution in [1.82, 2.24) is 5.32 Å². The molecule has 0 aliphatic heterocycles. The molecule has 0 unspecified atom stereocenters. The molecule has 1 amide bonds. The third kappa shape index (κ3) is 16.9. The quantitative estimate of drug-likeness (QED) is 0.0519. The third-order valence-corrected chi connectivity index (χ3v) is 8.03. The Bertz CT molecular complexity index is 1090. The number of ether oxygens (including phenoxy) is 2. The Morgan fingerprint density at radius 2 is 1.49 bits per heavy atom. The van der Waals surface area contributed by atoms with E-state index in [1.54, 1.807) is 24.3 Å². The normalized spacial score (nSPS) is 14.0. The summed E-state index contributed by atoms with van der Waals surface area (Å²) in [5, 5.41) is 23.0. The number of unbranched alkanes of at least 4 members (excludes halogenated alkanes) is 9. The molecule has 0 heterocycles. The number of esters is 1. The smallest absolute Gasteiger partial charge is 0.337 e. The lowest BCUT2D eigenvalue weighted by Gasteiger charge is -2.30. The van der Waals surface area contributed by atoms with Crippen LogP contribution in [-0.2, 0) is 30.3 Å². The number of hydrogen-bond donors (Lipinski definition) is 3. The van der Waals surface area contributed by atoms with E-state index in [1.165, 1.54) is 12.5 Å². The first-order valence-electron chi connectivity index (χ1n) is 17.0. The number of aliphatic carboxylic acids is 1. The fourth-order valence-corrected chi connectivity index (χ4v) is 5.16. The molecule has 0 spiro atoms. The summed E-state index contributed by atoms with van der Waals surface area (Å²) >= 11 is 0. The van der Waals surface area contributed by atoms with Crippen LogP contribution >= 0.6 is 0 Å². The number of benzene rings is 1. The van der Waals surface area contributed by atoms with Crippen molar-refractivity contribution in [1.29, 1.82) is 0 Å². The maximum atomic E-state index is 13.4. The zero-order chi connectivity index (χ0) is 35.1. The molecular formula is C36H55F2NO8. The summed E-state index contributed by atoms with van der Waals surface area (Å²) in [7, 11) is 1.12. The van der Waals surface area contributed by atoms with Gasteiger partial charge in [0.1, 0.15) is 17.6 Å². The molecule has 0 aromatic heterocycles. The number of carboxylic acid groups (broad SMARTS) is 1. The average Bonchev–Trinajstić information content (AvgIpc) is 3.03. The molecule has 1 aromatic carbocycles. The number of allylic oxidation sites excluding steroid dienone is 1. The van der Waals surface area contributed by atoms with Crippen LogP contribution in [0.15, 0.2) is 36.4 Å². The van der Waals surface area contributed by atoms with Crippen LogP contribution in [0.3, 0.4) is 0 Å². The highest BCUT2D eigenvalue weighted by atomic mass is 19.3. The van der Waals surface area contributed by atoms with E-state index in [1.807, 2.05) is 6.92 Å². The van der Waals surface area contributed by atoms with Crippen LogP contribution in [0.4, 0.5) is 8.78 Å². The van der Waals surface area contributed by atoms with Gasteiger partial charge < -0.3 is 25.0 Å². The van der Waals surface area contributed by atoms with Gasteiger partial charge >= 0.3 is 11.9 Å². The number of carboxylic acids is 1. The van der Waals surface area contributed by atoms with Crippen LogP contribution in [0.5, 0.6) is 5.75 Å². The van der Waals surface area contributed by atoms with Crippen molar-refractivity contribution < 1.29 is 47.6 Å². The van der Waals surface area contributed by atoms with Crippen LogP contribution in [-0.4, -0.2) is 65.6 Å². The number of methoxy groups -OCH3 is 1. The molecule has 47 heavy (non-hydrogen) atoms. The van der Waals surface area contributed by atoms with Crippen molar-refractivity contribution in [2.24, 2.45) is 5.92 Å². The van der Waals surface area contributed by atoms with E-state index in [0.717, 1.165) is 71.0 Å². The van der Waals surface area contributed by atoms with E-state index in [2.05, 4.69) is 12.2 Å². The minimum Gasteiger partial charge on any atom is -0.494 e. The summed E-state index contributed by atoms with van der Waals surface area (Å²) in [6, 6.07) is 5.56. The molecule has 0 radical (unpaired) electrons. The number of ketones is 1. The monoisotopic (exact) mass is 667 g/mol. The molecule has 1 rings (SSSR count). The van der Waals surface area contributed by atoms with Gasteiger partial charge in [0.15, 0.2) is 5.60 Å². The van der Waals surface area contributed by atoms with Gasteiger partial charge in [0, 0.05) is 25.7 Å². The first-order chi connectivity index (χ1) is 22.5. The number of alkyl halides is 2. The molecule has 0 aliphatic rings. The number of amides is 1. The molecule has 0 saturated carbocycles. The van der Waals surface area contributed by atoms with Crippen molar-refractivity contribution in [3.8, 4) is 5.75 Å². The van der Waals surface area contributed by atoms with Gasteiger partial charge in [0.05, 0.1) is 19.6 Å². The second-order valence-electron chi connectivity index (χ2n) is 12.0. The summed E-state index contributed by atoms with van der Waals surface area (Å²) in [4.78, 5) is 50.1. The van der Waals surface area contributed by atoms with Gasteiger partial charge in [-0.05, 0) is 49.8 Å². The van der Waals surface area contributed by atoms with E-state index in [-0.39, 0.29) is 12.2 Å². The number of carbonyl (C=O) groups excluding carboxylic acids is 3. The molecule has 3 atom stereocenters. The number of aliphatic hydroxyl groups is 1. The molecule has 1 aromatic rings. The SMILES string of the molecule is CCCCCCCC(=O)CCCCCCC=C[C@H](C(=O)N[C@@H](Cc1ccc(OCCCC)cc1)C(=O)OC)[C@@](O)(CC(F)F)C(=O)O. The maximum Gasteiger partial charge on any atom is 0.337 e. The highest BCUT2D eigenvalue weighted by Crippen LogP contribution is 2.28. The maximum absolute atomic E-state index is 13.4. The van der Waals surface area contributed by atoms with E-state index in [4.69, 9.17) is 9.47 Å². The predicted molar refractivity (Wildman–Crippen MR) is 176 cm³/mol. The molecule has 0 aliphatic carbocycles. The minimum absolute atomic E-state index is 0.0359.